The molecule has 3 aromatic rings. The van der Waals surface area contributed by atoms with Crippen molar-refractivity contribution in [2.24, 2.45) is 0 Å². The van der Waals surface area contributed by atoms with Gasteiger partial charge >= 0.3 is 5.69 Å². The number of halogens is 1. The van der Waals surface area contributed by atoms with Crippen LogP contribution in [0.2, 0.25) is 5.02 Å². The number of piperidine rings is 1. The second kappa shape index (κ2) is 8.21. The van der Waals surface area contributed by atoms with Gasteiger partial charge in [-0.05, 0) is 43.5 Å². The number of oxazole rings is 1. The summed E-state index contributed by atoms with van der Waals surface area (Å²) in [6, 6.07) is 9.22. The molecule has 3 heterocycles. The van der Waals surface area contributed by atoms with Gasteiger partial charge in [-0.3, -0.25) is 4.79 Å². The first-order valence-corrected chi connectivity index (χ1v) is 9.92. The summed E-state index contributed by atoms with van der Waals surface area (Å²) < 4.78 is 5.98. The molecule has 0 radical (unpaired) electrons. The summed E-state index contributed by atoms with van der Waals surface area (Å²) in [5, 5.41) is 0.698. The van der Waals surface area contributed by atoms with Crippen molar-refractivity contribution in [3.63, 3.8) is 0 Å². The van der Waals surface area contributed by atoms with Crippen LogP contribution in [0.3, 0.4) is 0 Å². The standard InChI is InChI=1S/C21H21ClN4O3/c1-13-9-18(25-21(28)24-13)20(27)26-8-2-3-15(12-26)19-23-11-17(29-19)10-14-4-6-16(22)7-5-14/h4-7,9,11,15H,2-3,8,10,12H2,1H3,(H,24,25,28). The van der Waals surface area contributed by atoms with Gasteiger partial charge in [0.1, 0.15) is 11.5 Å². The molecule has 0 saturated carbocycles. The minimum Gasteiger partial charge on any atom is -0.445 e. The number of rotatable bonds is 4. The van der Waals surface area contributed by atoms with Crippen LogP contribution < -0.4 is 5.69 Å². The highest BCUT2D eigenvalue weighted by Crippen LogP contribution is 2.28. The average molecular weight is 413 g/mol. The number of nitrogens with one attached hydrogen (secondary N) is 1. The zero-order valence-corrected chi connectivity index (χ0v) is 16.8. The normalized spacial score (nSPS) is 16.8. The van der Waals surface area contributed by atoms with E-state index in [1.807, 2.05) is 24.3 Å². The number of benzene rings is 1. The number of H-pyrrole nitrogens is 1. The van der Waals surface area contributed by atoms with Gasteiger partial charge in [0, 0.05) is 30.2 Å². The van der Waals surface area contributed by atoms with Crippen molar-refractivity contribution in [2.75, 3.05) is 13.1 Å². The lowest BCUT2D eigenvalue weighted by atomic mass is 9.97. The van der Waals surface area contributed by atoms with Crippen molar-refractivity contribution >= 4 is 17.5 Å². The van der Waals surface area contributed by atoms with Gasteiger partial charge < -0.3 is 14.3 Å². The van der Waals surface area contributed by atoms with E-state index in [4.69, 9.17) is 16.0 Å². The number of carbonyl (C=O) groups is 1. The van der Waals surface area contributed by atoms with Crippen LogP contribution in [-0.2, 0) is 6.42 Å². The Kier molecular flexibility index (Phi) is 5.49. The Morgan fingerprint density at radius 3 is 2.90 bits per heavy atom. The Labute approximate surface area is 172 Å². The van der Waals surface area contributed by atoms with Crippen LogP contribution in [0.1, 0.15) is 52.2 Å². The molecule has 1 amide bonds. The Hall–Kier alpha value is -2.93. The average Bonchev–Trinajstić information content (AvgIpc) is 3.17. The van der Waals surface area contributed by atoms with E-state index in [0.717, 1.165) is 24.2 Å². The molecule has 1 aliphatic heterocycles. The molecule has 1 aromatic carbocycles. The number of carbonyl (C=O) groups excluding carboxylic acids is 1. The van der Waals surface area contributed by atoms with Gasteiger partial charge in [-0.25, -0.2) is 9.78 Å². The van der Waals surface area contributed by atoms with Gasteiger partial charge in [-0.1, -0.05) is 23.7 Å². The molecule has 0 bridgehead atoms. The highest BCUT2D eigenvalue weighted by Gasteiger charge is 2.29. The molecule has 29 heavy (non-hydrogen) atoms. The molecule has 2 aromatic heterocycles. The van der Waals surface area contributed by atoms with E-state index in [-0.39, 0.29) is 17.5 Å². The fourth-order valence-corrected chi connectivity index (χ4v) is 3.74. The molecule has 4 rings (SSSR count). The summed E-state index contributed by atoms with van der Waals surface area (Å²) in [6.07, 6.45) is 4.11. The smallest absolute Gasteiger partial charge is 0.345 e. The van der Waals surface area contributed by atoms with Crippen LogP contribution in [0.5, 0.6) is 0 Å². The van der Waals surface area contributed by atoms with Crippen molar-refractivity contribution in [1.29, 1.82) is 0 Å². The lowest BCUT2D eigenvalue weighted by molar-refractivity contribution is 0.0691. The Bertz CT molecular complexity index is 1070. The molecule has 1 saturated heterocycles. The molecule has 1 fully saturated rings. The molecule has 1 atom stereocenters. The van der Waals surface area contributed by atoms with E-state index >= 15 is 0 Å². The first-order valence-electron chi connectivity index (χ1n) is 9.54. The Balaban J connectivity index is 1.45. The number of hydrogen-bond acceptors (Lipinski definition) is 5. The molecule has 7 nitrogen and oxygen atoms in total. The fourth-order valence-electron chi connectivity index (χ4n) is 3.61. The monoisotopic (exact) mass is 412 g/mol. The first kappa shape index (κ1) is 19.4. The van der Waals surface area contributed by atoms with Gasteiger partial charge in [0.2, 0.25) is 0 Å². The lowest BCUT2D eigenvalue weighted by Crippen LogP contribution is -2.40. The summed E-state index contributed by atoms with van der Waals surface area (Å²) in [4.78, 5) is 36.9. The molecule has 1 N–H and O–H groups in total. The molecular weight excluding hydrogens is 392 g/mol. The van der Waals surface area contributed by atoms with Crippen LogP contribution in [-0.4, -0.2) is 38.8 Å². The molecule has 0 spiro atoms. The van der Waals surface area contributed by atoms with Gasteiger partial charge in [0.25, 0.3) is 5.91 Å². The number of aromatic nitrogens is 3. The predicted molar refractivity (Wildman–Crippen MR) is 108 cm³/mol. The fraction of sp³-hybridized carbons (Fsp3) is 0.333. The van der Waals surface area contributed by atoms with E-state index in [0.29, 0.717) is 36.1 Å². The number of amides is 1. The minimum atomic E-state index is -0.513. The van der Waals surface area contributed by atoms with Gasteiger partial charge in [-0.2, -0.15) is 4.98 Å². The van der Waals surface area contributed by atoms with Crippen LogP contribution >= 0.6 is 11.6 Å². The van der Waals surface area contributed by atoms with E-state index in [2.05, 4.69) is 15.0 Å². The minimum absolute atomic E-state index is 0.0229. The van der Waals surface area contributed by atoms with Crippen molar-refractivity contribution in [3.05, 3.63) is 80.6 Å². The predicted octanol–water partition coefficient (Wildman–Crippen LogP) is 3.33. The highest BCUT2D eigenvalue weighted by molar-refractivity contribution is 6.30. The second-order valence-corrected chi connectivity index (χ2v) is 7.75. The van der Waals surface area contributed by atoms with Gasteiger partial charge in [0.15, 0.2) is 5.89 Å². The van der Waals surface area contributed by atoms with E-state index in [1.54, 1.807) is 24.1 Å². The Morgan fingerprint density at radius 2 is 2.14 bits per heavy atom. The summed E-state index contributed by atoms with van der Waals surface area (Å²) in [7, 11) is 0. The number of hydrogen-bond donors (Lipinski definition) is 1. The van der Waals surface area contributed by atoms with Crippen LogP contribution in [0.25, 0.3) is 0 Å². The molecule has 150 valence electrons. The number of nitrogens with zero attached hydrogens (tertiary/aromatic N) is 3. The Morgan fingerprint density at radius 1 is 1.34 bits per heavy atom. The van der Waals surface area contributed by atoms with E-state index in [1.165, 1.54) is 0 Å². The zero-order chi connectivity index (χ0) is 20.4. The first-order chi connectivity index (χ1) is 14.0. The van der Waals surface area contributed by atoms with Crippen LogP contribution in [0, 0.1) is 6.92 Å². The zero-order valence-electron chi connectivity index (χ0n) is 16.0. The largest absolute Gasteiger partial charge is 0.445 e. The maximum absolute atomic E-state index is 12.8. The third kappa shape index (κ3) is 4.56. The van der Waals surface area contributed by atoms with Gasteiger partial charge in [0.05, 0.1) is 12.1 Å². The lowest BCUT2D eigenvalue weighted by Gasteiger charge is -2.31. The molecular formula is C21H21ClN4O3. The number of aromatic amines is 1. The highest BCUT2D eigenvalue weighted by atomic mass is 35.5. The number of likely N-dealkylation sites (tertiary alicyclic amines) is 1. The van der Waals surface area contributed by atoms with Crippen LogP contribution in [0.15, 0.2) is 45.7 Å². The summed E-state index contributed by atoms with van der Waals surface area (Å²) in [6.45, 7) is 2.85. The van der Waals surface area contributed by atoms with Crippen molar-refractivity contribution in [3.8, 4) is 0 Å². The van der Waals surface area contributed by atoms with Crippen molar-refractivity contribution in [1.82, 2.24) is 19.9 Å². The SMILES string of the molecule is Cc1cc(C(=O)N2CCCC(c3ncc(Cc4ccc(Cl)cc4)o3)C2)nc(=O)[nH]1. The quantitative estimate of drug-likeness (QED) is 0.709. The maximum Gasteiger partial charge on any atom is 0.345 e. The topological polar surface area (TPSA) is 92.1 Å². The summed E-state index contributed by atoms with van der Waals surface area (Å²) in [5.41, 5.74) is 1.36. The maximum atomic E-state index is 12.8. The van der Waals surface area contributed by atoms with Crippen molar-refractivity contribution < 1.29 is 9.21 Å². The molecule has 1 unspecified atom stereocenters. The van der Waals surface area contributed by atoms with Gasteiger partial charge in [-0.15, -0.1) is 0 Å². The van der Waals surface area contributed by atoms with E-state index < -0.39 is 5.69 Å². The third-order valence-electron chi connectivity index (χ3n) is 5.02. The van der Waals surface area contributed by atoms with Crippen LogP contribution in [0.4, 0.5) is 0 Å². The molecule has 0 aliphatic carbocycles. The van der Waals surface area contributed by atoms with E-state index in [9.17, 15) is 9.59 Å². The molecule has 8 heteroatoms. The second-order valence-electron chi connectivity index (χ2n) is 7.31. The summed E-state index contributed by atoms with van der Waals surface area (Å²) in [5.74, 6) is 1.20. The third-order valence-corrected chi connectivity index (χ3v) is 5.27. The number of aryl methyl sites for hydroxylation is 1. The van der Waals surface area contributed by atoms with Crippen molar-refractivity contribution in [2.45, 2.75) is 32.1 Å². The summed E-state index contributed by atoms with van der Waals surface area (Å²) >= 11 is 5.93. The molecule has 1 aliphatic rings.